The van der Waals surface area contributed by atoms with Gasteiger partial charge in [-0.2, -0.15) is 5.26 Å². The molecule has 0 aromatic carbocycles. The van der Waals surface area contributed by atoms with E-state index in [1.807, 2.05) is 0 Å². The van der Waals surface area contributed by atoms with Gasteiger partial charge in [0.15, 0.2) is 0 Å². The first-order valence-electron chi connectivity index (χ1n) is 6.76. The summed E-state index contributed by atoms with van der Waals surface area (Å²) in [5.41, 5.74) is 5.39. The van der Waals surface area contributed by atoms with Crippen LogP contribution < -0.4 is 0 Å². The van der Waals surface area contributed by atoms with E-state index in [1.54, 1.807) is 5.57 Å². The quantitative estimate of drug-likeness (QED) is 0.680. The van der Waals surface area contributed by atoms with E-state index in [0.717, 1.165) is 18.4 Å². The zero-order chi connectivity index (χ0) is 13.2. The van der Waals surface area contributed by atoms with Crippen molar-refractivity contribution in [1.29, 1.82) is 5.26 Å². The highest BCUT2D eigenvalue weighted by Gasteiger charge is 2.26. The summed E-state index contributed by atoms with van der Waals surface area (Å²) < 4.78 is 0. The van der Waals surface area contributed by atoms with Crippen LogP contribution in [0.25, 0.3) is 0 Å². The van der Waals surface area contributed by atoms with E-state index in [9.17, 15) is 5.26 Å². The molecule has 0 saturated carbocycles. The van der Waals surface area contributed by atoms with E-state index in [4.69, 9.17) is 0 Å². The Morgan fingerprint density at radius 3 is 1.71 bits per heavy atom. The van der Waals surface area contributed by atoms with Crippen LogP contribution in [0.2, 0.25) is 0 Å². The molecule has 0 aromatic heterocycles. The van der Waals surface area contributed by atoms with Gasteiger partial charge in [-0.15, -0.1) is 0 Å². The number of hydrogen-bond donors (Lipinski definition) is 0. The Bertz CT molecular complexity index is 386. The maximum absolute atomic E-state index is 9.30. The monoisotopic (exact) mass is 231 g/mol. The molecule has 1 heteroatoms. The average molecular weight is 231 g/mol. The topological polar surface area (TPSA) is 23.8 Å². The lowest BCUT2D eigenvalue weighted by molar-refractivity contribution is 0.609. The van der Waals surface area contributed by atoms with Gasteiger partial charge in [0.05, 0.1) is 6.07 Å². The van der Waals surface area contributed by atoms with Crippen molar-refractivity contribution in [3.05, 3.63) is 22.3 Å². The maximum Gasteiger partial charge on any atom is 0.0950 e. The van der Waals surface area contributed by atoms with Crippen LogP contribution in [-0.4, -0.2) is 0 Å². The molecule has 1 aliphatic carbocycles. The van der Waals surface area contributed by atoms with Crippen molar-refractivity contribution in [2.24, 2.45) is 17.8 Å². The Kier molecular flexibility index (Phi) is 4.57. The summed E-state index contributed by atoms with van der Waals surface area (Å²) in [5.74, 6) is 1.57. The molecule has 0 aromatic rings. The molecular weight excluding hydrogens is 206 g/mol. The van der Waals surface area contributed by atoms with Gasteiger partial charge in [-0.3, -0.25) is 0 Å². The van der Waals surface area contributed by atoms with E-state index >= 15 is 0 Å². The third-order valence-electron chi connectivity index (χ3n) is 3.59. The highest BCUT2D eigenvalue weighted by molar-refractivity contribution is 5.49. The molecule has 94 valence electrons. The fraction of sp³-hybridized carbons (Fsp3) is 0.688. The molecule has 0 atom stereocenters. The summed E-state index contributed by atoms with van der Waals surface area (Å²) in [4.78, 5) is 0. The van der Waals surface area contributed by atoms with Gasteiger partial charge in [0.1, 0.15) is 0 Å². The van der Waals surface area contributed by atoms with Crippen molar-refractivity contribution in [2.45, 2.75) is 54.4 Å². The molecule has 0 radical (unpaired) electrons. The van der Waals surface area contributed by atoms with Gasteiger partial charge in [0, 0.05) is 5.57 Å². The van der Waals surface area contributed by atoms with Crippen molar-refractivity contribution in [3.8, 4) is 6.07 Å². The Labute approximate surface area is 106 Å². The molecule has 0 N–H and O–H groups in total. The Hall–Kier alpha value is -1.03. The van der Waals surface area contributed by atoms with E-state index in [0.29, 0.717) is 17.8 Å². The second-order valence-corrected chi connectivity index (χ2v) is 5.91. The van der Waals surface area contributed by atoms with E-state index in [2.05, 4.69) is 47.6 Å². The Balaban J connectivity index is 3.42. The smallest absolute Gasteiger partial charge is 0.0950 e. The Morgan fingerprint density at radius 2 is 1.35 bits per heavy atom. The zero-order valence-electron chi connectivity index (χ0n) is 12.1. The van der Waals surface area contributed by atoms with Gasteiger partial charge in [0.25, 0.3) is 0 Å². The van der Waals surface area contributed by atoms with Crippen molar-refractivity contribution in [3.63, 3.8) is 0 Å². The Morgan fingerprint density at radius 1 is 0.824 bits per heavy atom. The lowest BCUT2D eigenvalue weighted by atomic mass is 9.74. The highest BCUT2D eigenvalue weighted by Crippen LogP contribution is 2.40. The normalized spacial score (nSPS) is 17.4. The average Bonchev–Trinajstić information content (AvgIpc) is 2.26. The van der Waals surface area contributed by atoms with Crippen LogP contribution in [0.5, 0.6) is 0 Å². The van der Waals surface area contributed by atoms with Gasteiger partial charge < -0.3 is 0 Å². The summed E-state index contributed by atoms with van der Waals surface area (Å²) in [7, 11) is 0. The minimum absolute atomic E-state index is 0.455. The number of nitriles is 1. The molecule has 0 heterocycles. The molecule has 0 aliphatic heterocycles. The fourth-order valence-corrected chi connectivity index (χ4v) is 2.92. The summed E-state index contributed by atoms with van der Waals surface area (Å²) in [6, 6.07) is 2.43. The van der Waals surface area contributed by atoms with Gasteiger partial charge >= 0.3 is 0 Å². The fourth-order valence-electron chi connectivity index (χ4n) is 2.92. The van der Waals surface area contributed by atoms with Crippen LogP contribution in [0, 0.1) is 29.1 Å². The first kappa shape index (κ1) is 14.0. The van der Waals surface area contributed by atoms with Crippen LogP contribution in [0.3, 0.4) is 0 Å². The second kappa shape index (κ2) is 5.54. The SMILES string of the molecule is CC(C)C1=C(C(C)C)C(C(C)C)=C(C#N)CC1. The minimum atomic E-state index is 0.455. The molecule has 0 amide bonds. The predicted octanol–water partition coefficient (Wildman–Crippen LogP) is 4.86. The van der Waals surface area contributed by atoms with E-state index in [1.165, 1.54) is 11.1 Å². The molecule has 0 saturated heterocycles. The summed E-state index contributed by atoms with van der Waals surface area (Å²) >= 11 is 0. The van der Waals surface area contributed by atoms with Crippen LogP contribution >= 0.6 is 0 Å². The highest BCUT2D eigenvalue weighted by atomic mass is 14.3. The molecule has 0 bridgehead atoms. The zero-order valence-corrected chi connectivity index (χ0v) is 12.1. The molecule has 17 heavy (non-hydrogen) atoms. The minimum Gasteiger partial charge on any atom is -0.193 e. The summed E-state index contributed by atoms with van der Waals surface area (Å²) in [6.07, 6.45) is 2.01. The third kappa shape index (κ3) is 2.80. The van der Waals surface area contributed by atoms with Crippen LogP contribution in [0.4, 0.5) is 0 Å². The number of allylic oxidation sites excluding steroid dienone is 4. The molecule has 1 aliphatic rings. The van der Waals surface area contributed by atoms with Crippen molar-refractivity contribution >= 4 is 0 Å². The standard InChI is InChI=1S/C16H25N/c1-10(2)14-8-7-13(9-17)15(11(3)4)16(14)12(5)6/h10-12H,7-8H2,1-6H3. The molecule has 1 rings (SSSR count). The summed E-state index contributed by atoms with van der Waals surface area (Å²) in [5, 5.41) is 9.30. The van der Waals surface area contributed by atoms with Gasteiger partial charge in [-0.05, 0) is 41.7 Å². The van der Waals surface area contributed by atoms with Gasteiger partial charge in [0.2, 0.25) is 0 Å². The molecule has 0 fully saturated rings. The molecule has 0 unspecified atom stereocenters. The van der Waals surface area contributed by atoms with Crippen LogP contribution in [0.1, 0.15) is 54.4 Å². The van der Waals surface area contributed by atoms with Gasteiger partial charge in [-0.25, -0.2) is 0 Å². The third-order valence-corrected chi connectivity index (χ3v) is 3.59. The lowest BCUT2D eigenvalue weighted by Crippen LogP contribution is -2.16. The molecular formula is C16H25N. The number of nitrogens with zero attached hydrogens (tertiary/aromatic N) is 1. The largest absolute Gasteiger partial charge is 0.193 e. The van der Waals surface area contributed by atoms with Gasteiger partial charge in [-0.1, -0.05) is 47.1 Å². The first-order chi connectivity index (χ1) is 7.90. The number of rotatable bonds is 3. The van der Waals surface area contributed by atoms with E-state index < -0.39 is 0 Å². The van der Waals surface area contributed by atoms with Crippen molar-refractivity contribution in [1.82, 2.24) is 0 Å². The lowest BCUT2D eigenvalue weighted by Gasteiger charge is -2.30. The molecule has 1 nitrogen and oxygen atoms in total. The second-order valence-electron chi connectivity index (χ2n) is 5.91. The van der Waals surface area contributed by atoms with Crippen LogP contribution in [-0.2, 0) is 0 Å². The predicted molar refractivity (Wildman–Crippen MR) is 73.4 cm³/mol. The summed E-state index contributed by atoms with van der Waals surface area (Å²) in [6.45, 7) is 13.5. The van der Waals surface area contributed by atoms with Crippen molar-refractivity contribution < 1.29 is 0 Å². The van der Waals surface area contributed by atoms with E-state index in [-0.39, 0.29) is 0 Å². The molecule has 0 spiro atoms. The van der Waals surface area contributed by atoms with Crippen LogP contribution in [0.15, 0.2) is 22.3 Å². The number of hydrogen-bond acceptors (Lipinski definition) is 1. The van der Waals surface area contributed by atoms with Crippen molar-refractivity contribution in [2.75, 3.05) is 0 Å². The first-order valence-corrected chi connectivity index (χ1v) is 6.76. The maximum atomic E-state index is 9.30.